The van der Waals surface area contributed by atoms with Gasteiger partial charge in [-0.3, -0.25) is 14.9 Å². The number of benzene rings is 3. The highest BCUT2D eigenvalue weighted by Gasteiger charge is 2.17. The molecule has 0 aliphatic rings. The Bertz CT molecular complexity index is 1340. The summed E-state index contributed by atoms with van der Waals surface area (Å²) in [5.41, 5.74) is 2.62. The van der Waals surface area contributed by atoms with Gasteiger partial charge in [-0.15, -0.1) is 0 Å². The number of carbonyl (C=O) groups excluding carboxylic acids is 1. The summed E-state index contributed by atoms with van der Waals surface area (Å²) in [6.07, 6.45) is 0. The van der Waals surface area contributed by atoms with Gasteiger partial charge in [0.25, 0.3) is 11.6 Å². The number of fused-ring (bicyclic) bond motifs is 1. The second-order valence-corrected chi connectivity index (χ2v) is 7.32. The van der Waals surface area contributed by atoms with E-state index in [9.17, 15) is 14.9 Å². The van der Waals surface area contributed by atoms with E-state index in [1.54, 1.807) is 6.07 Å². The van der Waals surface area contributed by atoms with E-state index in [0.29, 0.717) is 34.5 Å². The Morgan fingerprint density at radius 1 is 1.09 bits per heavy atom. The molecule has 0 bridgehead atoms. The number of nitrogens with zero attached hydrogens (tertiary/aromatic N) is 2. The van der Waals surface area contributed by atoms with E-state index in [0.717, 1.165) is 5.56 Å². The number of aromatic nitrogens is 1. The maximum Gasteiger partial charge on any atom is 0.271 e. The van der Waals surface area contributed by atoms with Gasteiger partial charge in [-0.2, -0.15) is 0 Å². The molecule has 0 fully saturated rings. The SMILES string of the molecule is CCOc1cccc(-c2cc(C(=O)Nc3ccc([N+](=O)[O-])cc3Cl)c3ccccc3n2)c1. The second-order valence-electron chi connectivity index (χ2n) is 6.91. The molecule has 7 nitrogen and oxygen atoms in total. The van der Waals surface area contributed by atoms with Crippen molar-refractivity contribution in [2.75, 3.05) is 11.9 Å². The van der Waals surface area contributed by atoms with Crippen molar-refractivity contribution in [1.82, 2.24) is 4.98 Å². The molecule has 4 aromatic rings. The molecule has 1 aromatic heterocycles. The summed E-state index contributed by atoms with van der Waals surface area (Å²) in [4.78, 5) is 28.3. The fourth-order valence-electron chi connectivity index (χ4n) is 3.33. The molecular weight excluding hydrogens is 430 g/mol. The minimum Gasteiger partial charge on any atom is -0.494 e. The second kappa shape index (κ2) is 9.03. The van der Waals surface area contributed by atoms with Crippen molar-refractivity contribution in [3.05, 3.63) is 93.5 Å². The van der Waals surface area contributed by atoms with Crippen LogP contribution in [0.15, 0.2) is 72.8 Å². The van der Waals surface area contributed by atoms with Crippen LogP contribution in [0, 0.1) is 10.1 Å². The highest BCUT2D eigenvalue weighted by molar-refractivity contribution is 6.34. The number of nitro benzene ring substituents is 1. The Morgan fingerprint density at radius 2 is 1.91 bits per heavy atom. The van der Waals surface area contributed by atoms with Gasteiger partial charge in [0.15, 0.2) is 0 Å². The van der Waals surface area contributed by atoms with Gasteiger partial charge in [0.05, 0.1) is 39.0 Å². The van der Waals surface area contributed by atoms with Crippen molar-refractivity contribution in [1.29, 1.82) is 0 Å². The molecule has 160 valence electrons. The first-order valence-electron chi connectivity index (χ1n) is 9.84. The van der Waals surface area contributed by atoms with Crippen LogP contribution in [0.4, 0.5) is 11.4 Å². The van der Waals surface area contributed by atoms with Gasteiger partial charge >= 0.3 is 0 Å². The van der Waals surface area contributed by atoms with Gasteiger partial charge in [-0.25, -0.2) is 4.98 Å². The van der Waals surface area contributed by atoms with Gasteiger partial charge in [-0.05, 0) is 37.3 Å². The lowest BCUT2D eigenvalue weighted by atomic mass is 10.0. The minimum atomic E-state index is -0.545. The highest BCUT2D eigenvalue weighted by atomic mass is 35.5. The maximum absolute atomic E-state index is 13.2. The molecule has 0 saturated heterocycles. The van der Waals surface area contributed by atoms with Crippen molar-refractivity contribution < 1.29 is 14.5 Å². The van der Waals surface area contributed by atoms with Crippen LogP contribution in [0.3, 0.4) is 0 Å². The van der Waals surface area contributed by atoms with Crippen LogP contribution in [-0.4, -0.2) is 22.4 Å². The summed E-state index contributed by atoms with van der Waals surface area (Å²) in [5.74, 6) is 0.310. The first kappa shape index (κ1) is 21.3. The maximum atomic E-state index is 13.2. The van der Waals surface area contributed by atoms with Crippen molar-refractivity contribution in [3.63, 3.8) is 0 Å². The average molecular weight is 448 g/mol. The molecule has 0 aliphatic heterocycles. The third kappa shape index (κ3) is 4.38. The molecule has 0 unspecified atom stereocenters. The summed E-state index contributed by atoms with van der Waals surface area (Å²) in [6, 6.07) is 20.4. The zero-order valence-corrected chi connectivity index (χ0v) is 17.8. The number of amides is 1. The van der Waals surface area contributed by atoms with E-state index in [4.69, 9.17) is 21.3 Å². The fraction of sp³-hybridized carbons (Fsp3) is 0.0833. The van der Waals surface area contributed by atoms with Gasteiger partial charge in [0.1, 0.15) is 5.75 Å². The van der Waals surface area contributed by atoms with Crippen LogP contribution in [0.25, 0.3) is 22.2 Å². The Labute approximate surface area is 188 Å². The number of halogens is 1. The highest BCUT2D eigenvalue weighted by Crippen LogP contribution is 2.30. The van der Waals surface area contributed by atoms with Crippen molar-refractivity contribution in [2.24, 2.45) is 0 Å². The van der Waals surface area contributed by atoms with Crippen molar-refractivity contribution >= 4 is 39.8 Å². The number of non-ortho nitro benzene ring substituents is 1. The lowest BCUT2D eigenvalue weighted by molar-refractivity contribution is -0.384. The number of ether oxygens (including phenoxy) is 1. The lowest BCUT2D eigenvalue weighted by Crippen LogP contribution is -2.13. The smallest absolute Gasteiger partial charge is 0.271 e. The van der Waals surface area contributed by atoms with Gasteiger partial charge < -0.3 is 10.1 Å². The van der Waals surface area contributed by atoms with E-state index in [-0.39, 0.29) is 16.4 Å². The van der Waals surface area contributed by atoms with Crippen molar-refractivity contribution in [3.8, 4) is 17.0 Å². The van der Waals surface area contributed by atoms with Gasteiger partial charge in [0, 0.05) is 23.1 Å². The first-order valence-corrected chi connectivity index (χ1v) is 10.2. The molecule has 0 atom stereocenters. The molecule has 32 heavy (non-hydrogen) atoms. The molecule has 1 amide bonds. The molecule has 3 aromatic carbocycles. The van der Waals surface area contributed by atoms with Crippen LogP contribution < -0.4 is 10.1 Å². The predicted octanol–water partition coefficient (Wildman–Crippen LogP) is 6.11. The molecule has 0 radical (unpaired) electrons. The monoisotopic (exact) mass is 447 g/mol. The van der Waals surface area contributed by atoms with E-state index < -0.39 is 10.8 Å². The molecule has 0 spiro atoms. The van der Waals surface area contributed by atoms with E-state index in [1.165, 1.54) is 18.2 Å². The summed E-state index contributed by atoms with van der Waals surface area (Å²) >= 11 is 6.15. The minimum absolute atomic E-state index is 0.0792. The zero-order valence-electron chi connectivity index (χ0n) is 17.0. The summed E-state index contributed by atoms with van der Waals surface area (Å²) < 4.78 is 5.58. The van der Waals surface area contributed by atoms with E-state index >= 15 is 0 Å². The predicted molar refractivity (Wildman–Crippen MR) is 124 cm³/mol. The Hall–Kier alpha value is -3.97. The zero-order chi connectivity index (χ0) is 22.7. The lowest BCUT2D eigenvalue weighted by Gasteiger charge is -2.12. The number of anilines is 1. The van der Waals surface area contributed by atoms with E-state index in [1.807, 2.05) is 55.5 Å². The molecule has 0 saturated carbocycles. The number of carbonyl (C=O) groups is 1. The average Bonchev–Trinajstić information content (AvgIpc) is 2.80. The number of nitro groups is 1. The normalized spacial score (nSPS) is 10.7. The molecular formula is C24H18ClN3O4. The number of rotatable bonds is 6. The van der Waals surface area contributed by atoms with Crippen LogP contribution >= 0.6 is 11.6 Å². The van der Waals surface area contributed by atoms with Crippen LogP contribution in [0.1, 0.15) is 17.3 Å². The van der Waals surface area contributed by atoms with Gasteiger partial charge in [-0.1, -0.05) is 41.9 Å². The number of hydrogen-bond donors (Lipinski definition) is 1. The Balaban J connectivity index is 1.76. The topological polar surface area (TPSA) is 94.4 Å². The summed E-state index contributed by atoms with van der Waals surface area (Å²) in [7, 11) is 0. The van der Waals surface area contributed by atoms with Crippen LogP contribution in [0.2, 0.25) is 5.02 Å². The molecule has 0 aliphatic carbocycles. The molecule has 4 rings (SSSR count). The Kier molecular flexibility index (Phi) is 6.00. The summed E-state index contributed by atoms with van der Waals surface area (Å²) in [5, 5.41) is 14.4. The van der Waals surface area contributed by atoms with Crippen molar-refractivity contribution in [2.45, 2.75) is 6.92 Å². The number of pyridine rings is 1. The molecule has 1 heterocycles. The number of nitrogens with one attached hydrogen (secondary N) is 1. The standard InChI is InChI=1S/C24H18ClN3O4/c1-2-32-17-7-5-6-15(12-17)23-14-19(18-8-3-4-9-21(18)26-23)24(29)27-22-11-10-16(28(30)31)13-20(22)25/h3-14H,2H2,1H3,(H,27,29). The van der Waals surface area contributed by atoms with Gasteiger partial charge in [0.2, 0.25) is 0 Å². The molecule has 8 heteroatoms. The first-order chi connectivity index (χ1) is 15.5. The van der Waals surface area contributed by atoms with Crippen LogP contribution in [0.5, 0.6) is 5.75 Å². The molecule has 1 N–H and O–H groups in total. The van der Waals surface area contributed by atoms with E-state index in [2.05, 4.69) is 5.32 Å². The van der Waals surface area contributed by atoms with Crippen LogP contribution in [-0.2, 0) is 0 Å². The number of para-hydroxylation sites is 1. The quantitative estimate of drug-likeness (QED) is 0.284. The summed E-state index contributed by atoms with van der Waals surface area (Å²) in [6.45, 7) is 2.45. The largest absolute Gasteiger partial charge is 0.494 e. The number of hydrogen-bond acceptors (Lipinski definition) is 5. The third-order valence-electron chi connectivity index (χ3n) is 4.81. The third-order valence-corrected chi connectivity index (χ3v) is 5.13. The Morgan fingerprint density at radius 3 is 2.66 bits per heavy atom. The fourth-order valence-corrected chi connectivity index (χ4v) is 3.55.